The maximum atomic E-state index is 5.74. The molecule has 0 spiro atoms. The molecule has 0 amide bonds. The van der Waals surface area contributed by atoms with Crippen molar-refractivity contribution in [2.45, 2.75) is 79.1 Å². The number of unbranched alkanes of at least 4 members (excludes halogenated alkanes) is 2. The van der Waals surface area contributed by atoms with Gasteiger partial charge in [0, 0.05) is 13.2 Å². The van der Waals surface area contributed by atoms with Crippen LogP contribution in [0.4, 0.5) is 0 Å². The van der Waals surface area contributed by atoms with Gasteiger partial charge in [0.15, 0.2) is 0 Å². The topological polar surface area (TPSA) is 18.5 Å². The van der Waals surface area contributed by atoms with E-state index in [0.717, 1.165) is 25.0 Å². The third-order valence-electron chi connectivity index (χ3n) is 4.61. The molecule has 2 atom stereocenters. The summed E-state index contributed by atoms with van der Waals surface area (Å²) in [4.78, 5) is 0. The van der Waals surface area contributed by atoms with E-state index >= 15 is 0 Å². The molecule has 2 unspecified atom stereocenters. The molecule has 0 aromatic carbocycles. The number of rotatable bonds is 17. The van der Waals surface area contributed by atoms with Crippen molar-refractivity contribution in [3.63, 3.8) is 0 Å². The van der Waals surface area contributed by atoms with Gasteiger partial charge in [-0.2, -0.15) is 0 Å². The van der Waals surface area contributed by atoms with Gasteiger partial charge in [-0.3, -0.25) is 0 Å². The van der Waals surface area contributed by atoms with Gasteiger partial charge >= 0.3 is 0 Å². The summed E-state index contributed by atoms with van der Waals surface area (Å²) in [5.41, 5.74) is 0. The molecule has 24 heavy (non-hydrogen) atoms. The lowest BCUT2D eigenvalue weighted by Gasteiger charge is -2.13. The largest absolute Gasteiger partial charge is 0.377 e. The Kier molecular flexibility index (Phi) is 18.3. The molecule has 2 heteroatoms. The molecule has 0 aliphatic rings. The highest BCUT2D eigenvalue weighted by atomic mass is 16.5. The second kappa shape index (κ2) is 18.7. The quantitative estimate of drug-likeness (QED) is 0.221. The molecule has 142 valence electrons. The first-order valence-electron chi connectivity index (χ1n) is 10.2. The number of ether oxygens (including phenoxy) is 2. The summed E-state index contributed by atoms with van der Waals surface area (Å²) < 4.78 is 11.5. The van der Waals surface area contributed by atoms with E-state index in [1.165, 1.54) is 51.4 Å². The van der Waals surface area contributed by atoms with Crippen molar-refractivity contribution in [3.8, 4) is 0 Å². The monoisotopic (exact) mass is 338 g/mol. The molecule has 0 bridgehead atoms. The van der Waals surface area contributed by atoms with Crippen LogP contribution in [0.15, 0.2) is 24.3 Å². The zero-order valence-corrected chi connectivity index (χ0v) is 16.8. The Balaban J connectivity index is 3.60. The molecule has 2 nitrogen and oxygen atoms in total. The van der Waals surface area contributed by atoms with Gasteiger partial charge in [-0.1, -0.05) is 90.5 Å². The van der Waals surface area contributed by atoms with Crippen molar-refractivity contribution in [2.24, 2.45) is 11.8 Å². The minimum atomic E-state index is 0.711. The van der Waals surface area contributed by atoms with Crippen molar-refractivity contribution in [1.29, 1.82) is 0 Å². The van der Waals surface area contributed by atoms with Crippen molar-refractivity contribution in [1.82, 2.24) is 0 Å². The summed E-state index contributed by atoms with van der Waals surface area (Å²) in [6.07, 6.45) is 18.5. The Labute approximate surface area is 151 Å². The van der Waals surface area contributed by atoms with E-state index in [1.807, 2.05) is 0 Å². The van der Waals surface area contributed by atoms with Crippen LogP contribution in [-0.4, -0.2) is 26.4 Å². The maximum Gasteiger partial charge on any atom is 0.0650 e. The van der Waals surface area contributed by atoms with E-state index < -0.39 is 0 Å². The standard InChI is InChI=1S/C22H42O2/c1-5-9-15-21(7-3)19-23-17-13-11-12-14-18-24-20-22(8-4)16-10-6-2/h11-14,21-22H,5-10,15-20H2,1-4H3. The maximum absolute atomic E-state index is 5.74. The Morgan fingerprint density at radius 3 is 1.42 bits per heavy atom. The van der Waals surface area contributed by atoms with Gasteiger partial charge in [-0.15, -0.1) is 0 Å². The first-order valence-corrected chi connectivity index (χ1v) is 10.2. The Bertz CT molecular complexity index is 266. The fraction of sp³-hybridized carbons (Fsp3) is 0.818. The summed E-state index contributed by atoms with van der Waals surface area (Å²) in [5, 5.41) is 0. The van der Waals surface area contributed by atoms with Crippen molar-refractivity contribution >= 4 is 0 Å². The molecule has 0 aliphatic carbocycles. The predicted octanol–water partition coefficient (Wildman–Crippen LogP) is 6.56. The number of allylic oxidation sites excluding steroid dienone is 2. The average Bonchev–Trinajstić information content (AvgIpc) is 2.61. The van der Waals surface area contributed by atoms with E-state index in [1.54, 1.807) is 0 Å². The summed E-state index contributed by atoms with van der Waals surface area (Å²) >= 11 is 0. The Hall–Kier alpha value is -0.600. The molecule has 0 fully saturated rings. The van der Waals surface area contributed by atoms with Gasteiger partial charge in [-0.05, 0) is 24.7 Å². The van der Waals surface area contributed by atoms with Crippen LogP contribution in [0, 0.1) is 11.8 Å². The molecular formula is C22H42O2. The van der Waals surface area contributed by atoms with Crippen molar-refractivity contribution in [3.05, 3.63) is 24.3 Å². The van der Waals surface area contributed by atoms with E-state index in [2.05, 4.69) is 52.0 Å². The molecule has 0 N–H and O–H groups in total. The zero-order valence-electron chi connectivity index (χ0n) is 16.8. The third-order valence-corrected chi connectivity index (χ3v) is 4.61. The molecule has 0 rings (SSSR count). The lowest BCUT2D eigenvalue weighted by Crippen LogP contribution is -2.09. The Morgan fingerprint density at radius 2 is 1.08 bits per heavy atom. The van der Waals surface area contributed by atoms with Crippen LogP contribution in [0.2, 0.25) is 0 Å². The minimum absolute atomic E-state index is 0.711. The summed E-state index contributed by atoms with van der Waals surface area (Å²) in [7, 11) is 0. The van der Waals surface area contributed by atoms with Gasteiger partial charge in [-0.25, -0.2) is 0 Å². The first-order chi connectivity index (χ1) is 11.8. The van der Waals surface area contributed by atoms with E-state index in [9.17, 15) is 0 Å². The van der Waals surface area contributed by atoms with Crippen LogP contribution < -0.4 is 0 Å². The van der Waals surface area contributed by atoms with Gasteiger partial charge in [0.1, 0.15) is 0 Å². The van der Waals surface area contributed by atoms with Gasteiger partial charge < -0.3 is 9.47 Å². The smallest absolute Gasteiger partial charge is 0.0650 e. The molecule has 0 aromatic heterocycles. The van der Waals surface area contributed by atoms with Gasteiger partial charge in [0.2, 0.25) is 0 Å². The van der Waals surface area contributed by atoms with Gasteiger partial charge in [0.25, 0.3) is 0 Å². The number of hydrogen-bond donors (Lipinski definition) is 0. The van der Waals surface area contributed by atoms with Crippen LogP contribution >= 0.6 is 0 Å². The fourth-order valence-electron chi connectivity index (χ4n) is 2.67. The van der Waals surface area contributed by atoms with Crippen LogP contribution in [0.3, 0.4) is 0 Å². The highest BCUT2D eigenvalue weighted by molar-refractivity contribution is 5.02. The molecule has 0 aromatic rings. The molecule has 0 heterocycles. The molecule has 0 radical (unpaired) electrons. The van der Waals surface area contributed by atoms with Crippen molar-refractivity contribution < 1.29 is 9.47 Å². The second-order valence-electron chi connectivity index (χ2n) is 6.76. The zero-order chi connectivity index (χ0) is 17.9. The predicted molar refractivity (Wildman–Crippen MR) is 107 cm³/mol. The minimum Gasteiger partial charge on any atom is -0.377 e. The summed E-state index contributed by atoms with van der Waals surface area (Å²) in [5.74, 6) is 1.45. The summed E-state index contributed by atoms with van der Waals surface area (Å²) in [6.45, 7) is 12.2. The molecule has 0 saturated heterocycles. The number of hydrogen-bond acceptors (Lipinski definition) is 2. The van der Waals surface area contributed by atoms with Gasteiger partial charge in [0.05, 0.1) is 13.2 Å². The Morgan fingerprint density at radius 1 is 0.667 bits per heavy atom. The highest BCUT2D eigenvalue weighted by Gasteiger charge is 2.05. The van der Waals surface area contributed by atoms with E-state index in [-0.39, 0.29) is 0 Å². The highest BCUT2D eigenvalue weighted by Crippen LogP contribution is 2.13. The van der Waals surface area contributed by atoms with Crippen LogP contribution in [-0.2, 0) is 9.47 Å². The van der Waals surface area contributed by atoms with Crippen LogP contribution in [0.25, 0.3) is 0 Å². The lowest BCUT2D eigenvalue weighted by molar-refractivity contribution is 0.116. The normalized spacial score (nSPS) is 14.7. The second-order valence-corrected chi connectivity index (χ2v) is 6.76. The van der Waals surface area contributed by atoms with E-state index in [4.69, 9.17) is 9.47 Å². The van der Waals surface area contributed by atoms with Crippen molar-refractivity contribution in [2.75, 3.05) is 26.4 Å². The molecular weight excluding hydrogens is 296 g/mol. The third kappa shape index (κ3) is 15.0. The first kappa shape index (κ1) is 23.4. The average molecular weight is 339 g/mol. The molecule has 0 aliphatic heterocycles. The van der Waals surface area contributed by atoms with E-state index in [0.29, 0.717) is 13.2 Å². The fourth-order valence-corrected chi connectivity index (χ4v) is 2.67. The lowest BCUT2D eigenvalue weighted by atomic mass is 10.0. The SMILES string of the molecule is CCCCC(CC)COCC=CC=CCOCC(CC)CCCC. The molecule has 0 saturated carbocycles. The van der Waals surface area contributed by atoms with Crippen LogP contribution in [0.5, 0.6) is 0 Å². The summed E-state index contributed by atoms with van der Waals surface area (Å²) in [6, 6.07) is 0. The van der Waals surface area contributed by atoms with Crippen LogP contribution in [0.1, 0.15) is 79.1 Å².